The summed E-state index contributed by atoms with van der Waals surface area (Å²) < 4.78 is 6.14. The normalized spacial score (nSPS) is 10.3. The molecular weight excluding hydrogens is 324 g/mol. The van der Waals surface area contributed by atoms with Gasteiger partial charge in [0.05, 0.1) is 35.0 Å². The molecule has 6 heteroatoms. The average molecular weight is 334 g/mol. The summed E-state index contributed by atoms with van der Waals surface area (Å²) >= 11 is 11.0. The molecule has 90 valence electrons. The van der Waals surface area contributed by atoms with Crippen molar-refractivity contribution >= 4 is 44.6 Å². The van der Waals surface area contributed by atoms with Crippen LogP contribution in [0.25, 0.3) is 0 Å². The van der Waals surface area contributed by atoms with Crippen molar-refractivity contribution in [3.05, 3.63) is 38.2 Å². The summed E-state index contributed by atoms with van der Waals surface area (Å²) in [5.74, 6) is 0.740. The predicted octanol–water partition coefficient (Wildman–Crippen LogP) is 4.18. The number of hydrogen-bond donors (Lipinski definition) is 1. The molecule has 2 aromatic rings. The molecule has 17 heavy (non-hydrogen) atoms. The van der Waals surface area contributed by atoms with E-state index in [0.29, 0.717) is 11.6 Å². The van der Waals surface area contributed by atoms with Crippen LogP contribution in [0.2, 0.25) is 5.02 Å². The van der Waals surface area contributed by atoms with Crippen LogP contribution in [-0.2, 0) is 6.54 Å². The number of benzene rings is 1. The molecule has 0 unspecified atom stereocenters. The number of hydrogen-bond acceptors (Lipinski definition) is 4. The molecule has 0 bridgehead atoms. The van der Waals surface area contributed by atoms with Crippen LogP contribution in [0.15, 0.2) is 27.5 Å². The van der Waals surface area contributed by atoms with Gasteiger partial charge >= 0.3 is 0 Å². The molecule has 0 fully saturated rings. The fraction of sp³-hybridized carbons (Fsp3) is 0.182. The first-order valence-electron chi connectivity index (χ1n) is 4.84. The lowest BCUT2D eigenvalue weighted by Gasteiger charge is -2.12. The molecule has 0 spiro atoms. The smallest absolute Gasteiger partial charge is 0.156 e. The van der Waals surface area contributed by atoms with Crippen LogP contribution in [0.5, 0.6) is 5.75 Å². The first-order valence-corrected chi connectivity index (χ1v) is 6.96. The molecule has 0 amide bonds. The maximum absolute atomic E-state index is 6.00. The van der Waals surface area contributed by atoms with E-state index in [1.54, 1.807) is 24.5 Å². The van der Waals surface area contributed by atoms with Gasteiger partial charge < -0.3 is 10.1 Å². The van der Waals surface area contributed by atoms with Gasteiger partial charge in [-0.25, -0.2) is 4.98 Å². The van der Waals surface area contributed by atoms with Crippen LogP contribution in [0.1, 0.15) is 5.69 Å². The Morgan fingerprint density at radius 1 is 1.53 bits per heavy atom. The largest absolute Gasteiger partial charge is 0.493 e. The van der Waals surface area contributed by atoms with Crippen molar-refractivity contribution in [1.29, 1.82) is 0 Å². The number of methoxy groups -OCH3 is 1. The highest BCUT2D eigenvalue weighted by atomic mass is 79.9. The van der Waals surface area contributed by atoms with Gasteiger partial charge in [0.25, 0.3) is 0 Å². The highest BCUT2D eigenvalue weighted by Gasteiger charge is 2.09. The fourth-order valence-electron chi connectivity index (χ4n) is 1.41. The highest BCUT2D eigenvalue weighted by molar-refractivity contribution is 9.10. The van der Waals surface area contributed by atoms with Crippen molar-refractivity contribution in [3.63, 3.8) is 0 Å². The minimum Gasteiger partial charge on any atom is -0.493 e. The van der Waals surface area contributed by atoms with Crippen LogP contribution in [-0.4, -0.2) is 12.1 Å². The summed E-state index contributed by atoms with van der Waals surface area (Å²) in [5.41, 5.74) is 3.65. The molecule has 0 radical (unpaired) electrons. The van der Waals surface area contributed by atoms with Gasteiger partial charge in [0.1, 0.15) is 0 Å². The summed E-state index contributed by atoms with van der Waals surface area (Å²) in [7, 11) is 1.63. The minimum atomic E-state index is 0.645. The zero-order valence-corrected chi connectivity index (χ0v) is 12.2. The van der Waals surface area contributed by atoms with Gasteiger partial charge in [-0.2, -0.15) is 0 Å². The van der Waals surface area contributed by atoms with Gasteiger partial charge in [-0.15, -0.1) is 11.3 Å². The van der Waals surface area contributed by atoms with Crippen LogP contribution in [0.4, 0.5) is 5.69 Å². The van der Waals surface area contributed by atoms with Gasteiger partial charge in [0, 0.05) is 10.4 Å². The molecule has 1 aromatic carbocycles. The van der Waals surface area contributed by atoms with Crippen LogP contribution >= 0.6 is 38.9 Å². The molecule has 0 aliphatic rings. The maximum Gasteiger partial charge on any atom is 0.156 e. The first-order chi connectivity index (χ1) is 8.20. The summed E-state index contributed by atoms with van der Waals surface area (Å²) in [6.07, 6.45) is 0. The lowest BCUT2D eigenvalue weighted by atomic mass is 10.3. The SMILES string of the molecule is COc1c(Br)cc(Cl)cc1NCc1cscn1. The Labute approximate surface area is 117 Å². The molecule has 0 aliphatic carbocycles. The summed E-state index contributed by atoms with van der Waals surface area (Å²) in [5, 5.41) is 5.90. The van der Waals surface area contributed by atoms with E-state index in [2.05, 4.69) is 26.2 Å². The topological polar surface area (TPSA) is 34.1 Å². The summed E-state index contributed by atoms with van der Waals surface area (Å²) in [6, 6.07) is 3.63. The molecule has 2 rings (SSSR count). The highest BCUT2D eigenvalue weighted by Crippen LogP contribution is 2.36. The van der Waals surface area contributed by atoms with Crippen LogP contribution < -0.4 is 10.1 Å². The zero-order chi connectivity index (χ0) is 12.3. The molecule has 0 aliphatic heterocycles. The quantitative estimate of drug-likeness (QED) is 0.911. The van der Waals surface area contributed by atoms with Crippen molar-refractivity contribution in [1.82, 2.24) is 4.98 Å². The van der Waals surface area contributed by atoms with E-state index in [9.17, 15) is 0 Å². The van der Waals surface area contributed by atoms with E-state index in [4.69, 9.17) is 16.3 Å². The maximum atomic E-state index is 6.00. The van der Waals surface area contributed by atoms with Gasteiger partial charge in [-0.3, -0.25) is 0 Å². The van der Waals surface area contributed by atoms with E-state index in [-0.39, 0.29) is 0 Å². The van der Waals surface area contributed by atoms with Gasteiger partial charge in [0.2, 0.25) is 0 Å². The lowest BCUT2D eigenvalue weighted by molar-refractivity contribution is 0.414. The molecule has 1 N–H and O–H groups in total. The van der Waals surface area contributed by atoms with Crippen LogP contribution in [0.3, 0.4) is 0 Å². The van der Waals surface area contributed by atoms with Gasteiger partial charge in [-0.05, 0) is 28.1 Å². The van der Waals surface area contributed by atoms with E-state index < -0.39 is 0 Å². The van der Waals surface area contributed by atoms with Crippen molar-refractivity contribution in [2.75, 3.05) is 12.4 Å². The molecule has 1 aromatic heterocycles. The number of aromatic nitrogens is 1. The third-order valence-corrected chi connectivity index (χ3v) is 3.60. The van der Waals surface area contributed by atoms with Gasteiger partial charge in [-0.1, -0.05) is 11.6 Å². The van der Waals surface area contributed by atoms with Crippen molar-refractivity contribution < 1.29 is 4.74 Å². The van der Waals surface area contributed by atoms with E-state index in [1.807, 2.05) is 17.0 Å². The van der Waals surface area contributed by atoms with Gasteiger partial charge in [0.15, 0.2) is 5.75 Å². The Bertz CT molecular complexity index is 504. The summed E-state index contributed by atoms with van der Waals surface area (Å²) in [4.78, 5) is 4.20. The second kappa shape index (κ2) is 5.71. The second-order valence-electron chi connectivity index (χ2n) is 3.30. The third kappa shape index (κ3) is 3.12. The Hall–Kier alpha value is -0.780. The van der Waals surface area contributed by atoms with Crippen molar-refractivity contribution in [2.45, 2.75) is 6.54 Å². The van der Waals surface area contributed by atoms with E-state index >= 15 is 0 Å². The Balaban J connectivity index is 2.19. The van der Waals surface area contributed by atoms with Crippen LogP contribution in [0, 0.1) is 0 Å². The second-order valence-corrected chi connectivity index (χ2v) is 5.31. The number of nitrogens with zero attached hydrogens (tertiary/aromatic N) is 1. The molecule has 3 nitrogen and oxygen atoms in total. The predicted molar refractivity (Wildman–Crippen MR) is 75.1 cm³/mol. The molecular formula is C11H10BrClN2OS. The number of ether oxygens (including phenoxy) is 1. The molecule has 0 atom stereocenters. The van der Waals surface area contributed by atoms with Crippen molar-refractivity contribution in [3.8, 4) is 5.75 Å². The fourth-order valence-corrected chi connectivity index (χ4v) is 2.94. The Morgan fingerprint density at radius 2 is 2.35 bits per heavy atom. The number of rotatable bonds is 4. The lowest BCUT2D eigenvalue weighted by Crippen LogP contribution is -2.02. The number of thiazole rings is 1. The average Bonchev–Trinajstić information content (AvgIpc) is 2.78. The third-order valence-electron chi connectivity index (χ3n) is 2.16. The Morgan fingerprint density at radius 3 is 3.00 bits per heavy atom. The van der Waals surface area contributed by atoms with E-state index in [0.717, 1.165) is 21.6 Å². The number of halogens is 2. The van der Waals surface area contributed by atoms with Crippen molar-refractivity contribution in [2.24, 2.45) is 0 Å². The summed E-state index contributed by atoms with van der Waals surface area (Å²) in [6.45, 7) is 0.645. The Kier molecular flexibility index (Phi) is 4.25. The molecule has 1 heterocycles. The first kappa shape index (κ1) is 12.7. The zero-order valence-electron chi connectivity index (χ0n) is 9.04. The van der Waals surface area contributed by atoms with E-state index in [1.165, 1.54) is 0 Å². The standard InChI is InChI=1S/C11H10BrClN2OS/c1-16-11-9(12)2-7(13)3-10(11)14-4-8-5-17-6-15-8/h2-3,5-6,14H,4H2,1H3. The number of anilines is 1. The molecule has 0 saturated carbocycles. The number of nitrogens with one attached hydrogen (secondary N) is 1. The minimum absolute atomic E-state index is 0.645. The molecule has 0 saturated heterocycles. The monoisotopic (exact) mass is 332 g/mol.